The molecule has 1 atom stereocenters. The Morgan fingerprint density at radius 2 is 2.00 bits per heavy atom. The lowest BCUT2D eigenvalue weighted by atomic mass is 9.99. The summed E-state index contributed by atoms with van der Waals surface area (Å²) in [7, 11) is 0. The van der Waals surface area contributed by atoms with Crippen LogP contribution in [0.1, 0.15) is 24.8 Å². The molecule has 2 fully saturated rings. The van der Waals surface area contributed by atoms with Gasteiger partial charge in [0.25, 0.3) is 0 Å². The number of carbonyl (C=O) groups is 1. The van der Waals surface area contributed by atoms with Crippen molar-refractivity contribution >= 4 is 22.6 Å². The second kappa shape index (κ2) is 6.96. The Hall–Kier alpha value is -2.21. The molecule has 132 valence electrons. The Balaban J connectivity index is 1.69. The fourth-order valence-corrected chi connectivity index (χ4v) is 3.82. The number of carbonyl (C=O) groups excluding carboxylic acids is 1. The molecule has 2 aliphatic rings. The van der Waals surface area contributed by atoms with Gasteiger partial charge in [0.2, 0.25) is 5.91 Å². The zero-order chi connectivity index (χ0) is 17.2. The highest BCUT2D eigenvalue weighted by atomic mass is 16.5. The Labute approximate surface area is 147 Å². The second-order valence-corrected chi connectivity index (χ2v) is 6.86. The number of aryl methyl sites for hydroxylation is 1. The number of anilines is 1. The highest BCUT2D eigenvalue weighted by molar-refractivity contribution is 5.93. The van der Waals surface area contributed by atoms with Crippen LogP contribution >= 0.6 is 0 Å². The van der Waals surface area contributed by atoms with Crippen LogP contribution in [0.3, 0.4) is 0 Å². The molecule has 1 aromatic carbocycles. The average molecular weight is 340 g/mol. The molecule has 25 heavy (non-hydrogen) atoms. The predicted molar refractivity (Wildman–Crippen MR) is 96.7 cm³/mol. The lowest BCUT2D eigenvalue weighted by molar-refractivity contribution is -0.137. The van der Waals surface area contributed by atoms with Crippen molar-refractivity contribution in [2.75, 3.05) is 37.7 Å². The maximum absolute atomic E-state index is 13.1. The summed E-state index contributed by atoms with van der Waals surface area (Å²) in [5.41, 5.74) is 2.11. The number of nitrogens with zero attached hydrogens (tertiary/aromatic N) is 4. The topological polar surface area (TPSA) is 58.6 Å². The zero-order valence-corrected chi connectivity index (χ0v) is 14.6. The van der Waals surface area contributed by atoms with E-state index in [-0.39, 0.29) is 11.9 Å². The van der Waals surface area contributed by atoms with E-state index in [0.29, 0.717) is 26.3 Å². The average Bonchev–Trinajstić information content (AvgIpc) is 2.67. The number of fused-ring (bicyclic) bond motifs is 1. The number of ether oxygens (including phenoxy) is 1. The van der Waals surface area contributed by atoms with E-state index in [1.807, 2.05) is 11.0 Å². The lowest BCUT2D eigenvalue weighted by Gasteiger charge is -2.39. The van der Waals surface area contributed by atoms with E-state index < -0.39 is 0 Å². The van der Waals surface area contributed by atoms with Gasteiger partial charge in [0.15, 0.2) is 0 Å². The van der Waals surface area contributed by atoms with Crippen molar-refractivity contribution in [2.24, 2.45) is 0 Å². The molecule has 0 spiro atoms. The van der Waals surface area contributed by atoms with Gasteiger partial charge in [-0.05, 0) is 38.3 Å². The molecule has 6 heteroatoms. The molecule has 2 aliphatic heterocycles. The Morgan fingerprint density at radius 1 is 1.16 bits per heavy atom. The molecule has 1 amide bonds. The van der Waals surface area contributed by atoms with E-state index in [1.165, 1.54) is 5.56 Å². The van der Waals surface area contributed by atoms with E-state index >= 15 is 0 Å². The van der Waals surface area contributed by atoms with E-state index in [4.69, 9.17) is 4.74 Å². The minimum atomic E-state index is -0.134. The summed E-state index contributed by atoms with van der Waals surface area (Å²) in [4.78, 5) is 26.2. The van der Waals surface area contributed by atoms with E-state index in [9.17, 15) is 4.79 Å². The largest absolute Gasteiger partial charge is 0.378 e. The number of morpholine rings is 1. The smallest absolute Gasteiger partial charge is 0.245 e. The van der Waals surface area contributed by atoms with Gasteiger partial charge in [-0.1, -0.05) is 11.6 Å². The number of benzene rings is 1. The molecule has 0 N–H and O–H groups in total. The van der Waals surface area contributed by atoms with Crippen molar-refractivity contribution in [1.29, 1.82) is 0 Å². The van der Waals surface area contributed by atoms with Crippen molar-refractivity contribution in [3.8, 4) is 0 Å². The molecule has 3 heterocycles. The molecule has 2 aromatic rings. The van der Waals surface area contributed by atoms with Gasteiger partial charge in [0, 0.05) is 25.0 Å². The Morgan fingerprint density at radius 3 is 2.84 bits per heavy atom. The lowest BCUT2D eigenvalue weighted by Crippen LogP contribution is -2.53. The molecule has 6 nitrogen and oxygen atoms in total. The van der Waals surface area contributed by atoms with Gasteiger partial charge in [-0.25, -0.2) is 9.97 Å². The van der Waals surface area contributed by atoms with Crippen molar-refractivity contribution in [1.82, 2.24) is 14.9 Å². The number of amides is 1. The van der Waals surface area contributed by atoms with Gasteiger partial charge < -0.3 is 14.5 Å². The fourth-order valence-electron chi connectivity index (χ4n) is 3.82. The van der Waals surface area contributed by atoms with E-state index in [0.717, 1.165) is 42.5 Å². The summed E-state index contributed by atoms with van der Waals surface area (Å²) in [5, 5.41) is 1.03. The number of rotatable bonds is 2. The molecular weight excluding hydrogens is 316 g/mol. The van der Waals surface area contributed by atoms with Gasteiger partial charge in [-0.2, -0.15) is 0 Å². The molecule has 0 aliphatic carbocycles. The molecule has 1 unspecified atom stereocenters. The Kier molecular flexibility index (Phi) is 4.53. The molecular formula is C19H24N4O2. The summed E-state index contributed by atoms with van der Waals surface area (Å²) in [5.74, 6) is 1.10. The maximum Gasteiger partial charge on any atom is 0.245 e. The van der Waals surface area contributed by atoms with Crippen LogP contribution in [0.4, 0.5) is 5.82 Å². The molecule has 1 aromatic heterocycles. The van der Waals surface area contributed by atoms with Crippen molar-refractivity contribution in [2.45, 2.75) is 32.2 Å². The second-order valence-electron chi connectivity index (χ2n) is 6.86. The minimum absolute atomic E-state index is 0.134. The standard InChI is InChI=1S/C19H24N4O2/c1-14-5-6-16-15(12-14)18(21-13-20-16)23-7-3-2-4-17(23)19(24)22-8-10-25-11-9-22/h5-6,12-13,17H,2-4,7-11H2,1H3. The Bertz CT molecular complexity index is 773. The normalized spacial score (nSPS) is 21.6. The van der Waals surface area contributed by atoms with Gasteiger partial charge in [0.05, 0.1) is 18.7 Å². The summed E-state index contributed by atoms with van der Waals surface area (Å²) in [6.45, 7) is 5.57. The molecule has 0 bridgehead atoms. The minimum Gasteiger partial charge on any atom is -0.378 e. The number of hydrogen-bond acceptors (Lipinski definition) is 5. The highest BCUT2D eigenvalue weighted by Gasteiger charge is 2.34. The summed E-state index contributed by atoms with van der Waals surface area (Å²) in [6, 6.07) is 6.07. The predicted octanol–water partition coefficient (Wildman–Crippen LogP) is 2.16. The van der Waals surface area contributed by atoms with Crippen molar-refractivity contribution in [3.63, 3.8) is 0 Å². The van der Waals surface area contributed by atoms with E-state index in [1.54, 1.807) is 6.33 Å². The van der Waals surface area contributed by atoms with Crippen LogP contribution in [0, 0.1) is 6.92 Å². The third-order valence-corrected chi connectivity index (χ3v) is 5.15. The van der Waals surface area contributed by atoms with Gasteiger partial charge in [-0.3, -0.25) is 4.79 Å². The number of hydrogen-bond donors (Lipinski definition) is 0. The zero-order valence-electron chi connectivity index (χ0n) is 14.6. The van der Waals surface area contributed by atoms with Crippen LogP contribution in [0.5, 0.6) is 0 Å². The summed E-state index contributed by atoms with van der Waals surface area (Å²) >= 11 is 0. The fraction of sp³-hybridized carbons (Fsp3) is 0.526. The maximum atomic E-state index is 13.1. The van der Waals surface area contributed by atoms with Crippen LogP contribution in [0.2, 0.25) is 0 Å². The van der Waals surface area contributed by atoms with Crippen LogP contribution in [-0.4, -0.2) is 59.7 Å². The van der Waals surface area contributed by atoms with Crippen LogP contribution in [0.25, 0.3) is 10.9 Å². The molecule has 0 radical (unpaired) electrons. The first-order valence-corrected chi connectivity index (χ1v) is 9.08. The van der Waals surface area contributed by atoms with Gasteiger partial charge >= 0.3 is 0 Å². The quantitative estimate of drug-likeness (QED) is 0.838. The third kappa shape index (κ3) is 3.18. The van der Waals surface area contributed by atoms with E-state index in [2.05, 4.69) is 33.9 Å². The molecule has 2 saturated heterocycles. The first-order valence-electron chi connectivity index (χ1n) is 9.08. The molecule has 0 saturated carbocycles. The van der Waals surface area contributed by atoms with Gasteiger partial charge in [-0.15, -0.1) is 0 Å². The van der Waals surface area contributed by atoms with Crippen molar-refractivity contribution < 1.29 is 9.53 Å². The third-order valence-electron chi connectivity index (χ3n) is 5.15. The number of piperidine rings is 1. The number of aromatic nitrogens is 2. The monoisotopic (exact) mass is 340 g/mol. The first kappa shape index (κ1) is 16.3. The summed E-state index contributed by atoms with van der Waals surface area (Å²) < 4.78 is 5.39. The van der Waals surface area contributed by atoms with Crippen LogP contribution in [-0.2, 0) is 9.53 Å². The van der Waals surface area contributed by atoms with Gasteiger partial charge in [0.1, 0.15) is 18.2 Å². The summed E-state index contributed by atoms with van der Waals surface area (Å²) in [6.07, 6.45) is 4.66. The molecule has 4 rings (SSSR count). The van der Waals surface area contributed by atoms with Crippen molar-refractivity contribution in [3.05, 3.63) is 30.1 Å². The van der Waals surface area contributed by atoms with Crippen LogP contribution in [0.15, 0.2) is 24.5 Å². The SMILES string of the molecule is Cc1ccc2ncnc(N3CCCCC3C(=O)N3CCOCC3)c2c1. The highest BCUT2D eigenvalue weighted by Crippen LogP contribution is 2.30. The van der Waals surface area contributed by atoms with Crippen LogP contribution < -0.4 is 4.90 Å². The first-order chi connectivity index (χ1) is 12.2.